The molecule has 0 saturated heterocycles. The van der Waals surface area contributed by atoms with Gasteiger partial charge in [0.15, 0.2) is 5.01 Å². The van der Waals surface area contributed by atoms with Crippen LogP contribution in [0.1, 0.15) is 114 Å². The third kappa shape index (κ3) is 5.97. The molecule has 4 fully saturated rings. The lowest BCUT2D eigenvalue weighted by atomic mass is 9.39. The number of sulfonamides is 1. The van der Waals surface area contributed by atoms with E-state index in [1.165, 1.54) is 30.6 Å². The maximum atomic E-state index is 13.4. The summed E-state index contributed by atoms with van der Waals surface area (Å²) >= 11 is 1.35. The molecule has 1 aromatic heterocycles. The highest BCUT2D eigenvalue weighted by Crippen LogP contribution is 2.67. The van der Waals surface area contributed by atoms with Crippen molar-refractivity contribution in [1.29, 1.82) is 0 Å². The van der Waals surface area contributed by atoms with Crippen molar-refractivity contribution in [3.05, 3.63) is 34.5 Å². The van der Waals surface area contributed by atoms with Gasteiger partial charge in [-0.3, -0.25) is 9.59 Å². The third-order valence-corrected chi connectivity index (χ3v) is 11.7. The van der Waals surface area contributed by atoms with E-state index in [4.69, 9.17) is 4.98 Å². The van der Waals surface area contributed by atoms with Crippen LogP contribution in [0.3, 0.4) is 0 Å². The molecule has 224 valence electrons. The molecule has 6 rings (SSSR count). The fourth-order valence-electron chi connectivity index (χ4n) is 6.87. The number of carboxylic acid groups (broad SMARTS) is 1. The highest BCUT2D eigenvalue weighted by Gasteiger charge is 2.72. The van der Waals surface area contributed by atoms with Gasteiger partial charge in [0, 0.05) is 11.1 Å². The minimum Gasteiger partial charge on any atom is -0.481 e. The van der Waals surface area contributed by atoms with Gasteiger partial charge in [0.2, 0.25) is 10.0 Å². The molecule has 10 heteroatoms. The minimum atomic E-state index is -3.76. The number of hydrogen-bond acceptors (Lipinski definition) is 6. The first-order chi connectivity index (χ1) is 18.9. The van der Waals surface area contributed by atoms with Crippen molar-refractivity contribution in [1.82, 2.24) is 15.0 Å². The van der Waals surface area contributed by atoms with Crippen molar-refractivity contribution in [2.45, 2.75) is 121 Å². The molecule has 0 atom stereocenters. The molecule has 4 aliphatic carbocycles. The maximum absolute atomic E-state index is 13.4. The zero-order chi connectivity index (χ0) is 30.0. The van der Waals surface area contributed by atoms with E-state index in [1.54, 1.807) is 6.07 Å². The lowest BCUT2D eigenvalue weighted by Crippen LogP contribution is -2.77. The molecule has 0 unspecified atom stereocenters. The molecule has 0 aliphatic heterocycles. The van der Waals surface area contributed by atoms with Crippen LogP contribution in [-0.2, 0) is 26.7 Å². The lowest BCUT2D eigenvalue weighted by molar-refractivity contribution is -0.196. The standard InChI is InChI=1S/C31H43N3O5S2/c1-28(2,3)21-15-20(12-13-23(21)41(38,39)34-29(4,5)6)24-22(14-19-10-8-7-9-11-19)32-26(40-24)25(35)33-31-16-30(17-31,18-31)27(36)37/h12-13,15,19,34H,7-11,14,16-18H2,1-6H3,(H,33,35)(H,36,37). The number of aliphatic carboxylic acids is 1. The zero-order valence-corrected chi connectivity index (χ0v) is 26.7. The van der Waals surface area contributed by atoms with Crippen molar-refractivity contribution in [3.63, 3.8) is 0 Å². The van der Waals surface area contributed by atoms with Gasteiger partial charge in [-0.1, -0.05) is 58.9 Å². The molecule has 2 aromatic rings. The second kappa shape index (κ2) is 10.2. The summed E-state index contributed by atoms with van der Waals surface area (Å²) in [6.45, 7) is 11.5. The van der Waals surface area contributed by atoms with Crippen molar-refractivity contribution in [2.24, 2.45) is 11.3 Å². The van der Waals surface area contributed by atoms with E-state index in [0.717, 1.165) is 35.4 Å². The number of amides is 1. The molecule has 1 amide bonds. The SMILES string of the molecule is CC(C)(C)NS(=O)(=O)c1ccc(-c2sc(C(=O)NC34CC(C(=O)O)(C3)C4)nc2CC2CCCCC2)cc1C(C)(C)C. The Kier molecular flexibility index (Phi) is 7.47. The number of aromatic nitrogens is 1. The van der Waals surface area contributed by atoms with Gasteiger partial charge in [0.1, 0.15) is 0 Å². The number of nitrogens with one attached hydrogen (secondary N) is 2. The van der Waals surface area contributed by atoms with Crippen molar-refractivity contribution < 1.29 is 23.1 Å². The summed E-state index contributed by atoms with van der Waals surface area (Å²) in [4.78, 5) is 30.9. The molecule has 1 heterocycles. The molecule has 0 radical (unpaired) electrons. The van der Waals surface area contributed by atoms with E-state index in [-0.39, 0.29) is 10.8 Å². The highest BCUT2D eigenvalue weighted by atomic mass is 32.2. The fraction of sp³-hybridized carbons (Fsp3) is 0.645. The largest absolute Gasteiger partial charge is 0.481 e. The smallest absolute Gasteiger partial charge is 0.309 e. The Bertz CT molecular complexity index is 1450. The predicted molar refractivity (Wildman–Crippen MR) is 161 cm³/mol. The molecule has 0 spiro atoms. The molecule has 8 nitrogen and oxygen atoms in total. The van der Waals surface area contributed by atoms with E-state index >= 15 is 0 Å². The quantitative estimate of drug-likeness (QED) is 0.339. The second-order valence-corrected chi connectivity index (χ2v) is 17.3. The number of carboxylic acids is 1. The van der Waals surface area contributed by atoms with E-state index in [0.29, 0.717) is 35.8 Å². The van der Waals surface area contributed by atoms with Crippen molar-refractivity contribution in [2.75, 3.05) is 0 Å². The van der Waals surface area contributed by atoms with Crippen LogP contribution in [0, 0.1) is 11.3 Å². The Labute approximate surface area is 247 Å². The van der Waals surface area contributed by atoms with Crippen LogP contribution in [-0.4, -0.2) is 41.5 Å². The minimum absolute atomic E-state index is 0.255. The first-order valence-corrected chi connectivity index (χ1v) is 17.0. The van der Waals surface area contributed by atoms with Crippen LogP contribution in [0.4, 0.5) is 0 Å². The van der Waals surface area contributed by atoms with Crippen molar-refractivity contribution >= 4 is 33.2 Å². The Balaban J connectivity index is 1.50. The predicted octanol–water partition coefficient (Wildman–Crippen LogP) is 6.04. The third-order valence-electron chi connectivity index (χ3n) is 8.74. The summed E-state index contributed by atoms with van der Waals surface area (Å²) in [5.74, 6) is -0.529. The van der Waals surface area contributed by atoms with Crippen LogP contribution >= 0.6 is 11.3 Å². The van der Waals surface area contributed by atoms with Crippen LogP contribution in [0.5, 0.6) is 0 Å². The van der Waals surface area contributed by atoms with E-state index in [2.05, 4.69) is 10.0 Å². The van der Waals surface area contributed by atoms with Crippen LogP contribution in [0.2, 0.25) is 0 Å². The van der Waals surface area contributed by atoms with Gasteiger partial charge in [-0.2, -0.15) is 0 Å². The molecule has 4 saturated carbocycles. The van der Waals surface area contributed by atoms with Gasteiger partial charge in [0.05, 0.1) is 20.9 Å². The molecule has 3 N–H and O–H groups in total. The number of carbonyl (C=O) groups is 2. The Hall–Kier alpha value is -2.30. The summed E-state index contributed by atoms with van der Waals surface area (Å²) in [5, 5.41) is 12.9. The Morgan fingerprint density at radius 2 is 1.68 bits per heavy atom. The average Bonchev–Trinajstić information content (AvgIpc) is 3.22. The normalized spacial score (nSPS) is 24.8. The molecular weight excluding hydrogens is 558 g/mol. The fourth-order valence-corrected chi connectivity index (χ4v) is 9.67. The Morgan fingerprint density at radius 3 is 2.24 bits per heavy atom. The number of carbonyl (C=O) groups excluding carboxylic acids is 1. The van der Waals surface area contributed by atoms with Crippen molar-refractivity contribution in [3.8, 4) is 10.4 Å². The summed E-state index contributed by atoms with van der Waals surface area (Å²) in [5.41, 5.74) is 0.294. The van der Waals surface area contributed by atoms with Gasteiger partial charge < -0.3 is 10.4 Å². The second-order valence-electron chi connectivity index (χ2n) is 14.7. The number of thiazole rings is 1. The topological polar surface area (TPSA) is 125 Å². The van der Waals surface area contributed by atoms with Crippen LogP contribution in [0.25, 0.3) is 10.4 Å². The summed E-state index contributed by atoms with van der Waals surface area (Å²) in [7, 11) is -3.76. The number of nitrogens with zero attached hydrogens (tertiary/aromatic N) is 1. The summed E-state index contributed by atoms with van der Waals surface area (Å²) < 4.78 is 29.6. The van der Waals surface area contributed by atoms with E-state index < -0.39 is 37.9 Å². The number of rotatable bonds is 8. The zero-order valence-electron chi connectivity index (χ0n) is 25.0. The summed E-state index contributed by atoms with van der Waals surface area (Å²) in [6, 6.07) is 5.47. The number of hydrogen-bond donors (Lipinski definition) is 3. The van der Waals surface area contributed by atoms with Crippen LogP contribution in [0.15, 0.2) is 23.1 Å². The molecule has 2 bridgehead atoms. The number of benzene rings is 1. The first kappa shape index (κ1) is 30.2. The van der Waals surface area contributed by atoms with Crippen LogP contribution < -0.4 is 10.0 Å². The Morgan fingerprint density at radius 1 is 1.05 bits per heavy atom. The van der Waals surface area contributed by atoms with Gasteiger partial charge in [-0.15, -0.1) is 11.3 Å². The lowest BCUT2D eigenvalue weighted by Gasteiger charge is -2.67. The average molecular weight is 602 g/mol. The van der Waals surface area contributed by atoms with Gasteiger partial charge in [0.25, 0.3) is 5.91 Å². The van der Waals surface area contributed by atoms with E-state index in [9.17, 15) is 23.1 Å². The van der Waals surface area contributed by atoms with Gasteiger partial charge in [-0.25, -0.2) is 18.1 Å². The molecule has 4 aliphatic rings. The monoisotopic (exact) mass is 601 g/mol. The molecule has 1 aromatic carbocycles. The van der Waals surface area contributed by atoms with E-state index in [1.807, 2.05) is 53.7 Å². The highest BCUT2D eigenvalue weighted by molar-refractivity contribution is 7.89. The maximum Gasteiger partial charge on any atom is 0.309 e. The first-order valence-electron chi connectivity index (χ1n) is 14.7. The van der Waals surface area contributed by atoms with Gasteiger partial charge in [-0.05, 0) is 81.0 Å². The van der Waals surface area contributed by atoms with Gasteiger partial charge >= 0.3 is 5.97 Å². The molecule has 41 heavy (non-hydrogen) atoms. The summed E-state index contributed by atoms with van der Waals surface area (Å²) in [6.07, 6.45) is 8.14. The molecular formula is C31H43N3O5S2.